The number of hydrogen-bond donors (Lipinski definition) is 3. The lowest BCUT2D eigenvalue weighted by Gasteiger charge is -2.37. The molecule has 0 aliphatic carbocycles. The van der Waals surface area contributed by atoms with Gasteiger partial charge in [-0.15, -0.1) is 0 Å². The predicted octanol–water partition coefficient (Wildman–Crippen LogP) is 0.361. The zero-order valence-electron chi connectivity index (χ0n) is 14.8. The van der Waals surface area contributed by atoms with Crippen molar-refractivity contribution in [2.45, 2.75) is 19.4 Å². The van der Waals surface area contributed by atoms with Crippen molar-refractivity contribution in [3.8, 4) is 0 Å². The highest BCUT2D eigenvalue weighted by molar-refractivity contribution is 5.79. The molecular formula is C17H25N5O4. The van der Waals surface area contributed by atoms with E-state index in [1.54, 1.807) is 24.0 Å². The van der Waals surface area contributed by atoms with Crippen LogP contribution in [0.1, 0.15) is 12.5 Å². The first-order valence-electron chi connectivity index (χ1n) is 8.47. The Morgan fingerprint density at radius 1 is 1.19 bits per heavy atom. The molecule has 1 aliphatic heterocycles. The fraction of sp³-hybridized carbons (Fsp3) is 0.471. The molecule has 1 fully saturated rings. The number of benzene rings is 1. The third-order valence-corrected chi connectivity index (χ3v) is 4.19. The number of nitrogens with zero attached hydrogens (tertiary/aromatic N) is 3. The number of carboxylic acid groups (broad SMARTS) is 1. The number of nitrogens with two attached hydrogens (primary N) is 2. The Bertz CT molecular complexity index is 650. The van der Waals surface area contributed by atoms with Gasteiger partial charge < -0.3 is 26.2 Å². The molecular weight excluding hydrogens is 338 g/mol. The van der Waals surface area contributed by atoms with Gasteiger partial charge >= 0.3 is 12.1 Å². The van der Waals surface area contributed by atoms with E-state index in [1.807, 2.05) is 17.0 Å². The van der Waals surface area contributed by atoms with E-state index in [-0.39, 0.29) is 12.1 Å². The lowest BCUT2D eigenvalue weighted by Crippen LogP contribution is -2.54. The van der Waals surface area contributed by atoms with Crippen LogP contribution in [0, 0.1) is 0 Å². The number of aliphatic carboxylic acids is 1. The van der Waals surface area contributed by atoms with Crippen LogP contribution in [-0.2, 0) is 16.0 Å². The van der Waals surface area contributed by atoms with Crippen molar-refractivity contribution in [2.24, 2.45) is 16.5 Å². The number of carboxylic acids is 1. The maximum absolute atomic E-state index is 11.7. The van der Waals surface area contributed by atoms with Gasteiger partial charge in [0.05, 0.1) is 12.3 Å². The molecule has 9 nitrogen and oxygen atoms in total. The van der Waals surface area contributed by atoms with Crippen molar-refractivity contribution in [3.63, 3.8) is 0 Å². The van der Waals surface area contributed by atoms with E-state index in [4.69, 9.17) is 16.2 Å². The van der Waals surface area contributed by atoms with Crippen LogP contribution in [0.15, 0.2) is 29.3 Å². The van der Waals surface area contributed by atoms with E-state index in [2.05, 4.69) is 4.99 Å². The normalized spacial score (nSPS) is 16.0. The molecule has 1 atom stereocenters. The zero-order valence-corrected chi connectivity index (χ0v) is 14.8. The van der Waals surface area contributed by atoms with E-state index < -0.39 is 12.0 Å². The van der Waals surface area contributed by atoms with Crippen molar-refractivity contribution in [3.05, 3.63) is 29.8 Å². The average molecular weight is 363 g/mol. The Labute approximate surface area is 152 Å². The summed E-state index contributed by atoms with van der Waals surface area (Å²) in [7, 11) is 0. The molecule has 1 aliphatic rings. The Morgan fingerprint density at radius 3 is 2.31 bits per heavy atom. The van der Waals surface area contributed by atoms with Gasteiger partial charge in [0, 0.05) is 26.2 Å². The van der Waals surface area contributed by atoms with Gasteiger partial charge in [-0.25, -0.2) is 9.79 Å². The standard InChI is InChI=1S/C17H25N5O4/c1-2-26-17(25)22-9-7-21(8-10-22)14(15(23)24)11-12-3-5-13(6-4-12)20-16(18)19/h3-6,14H,2,7-11H2,1H3,(H,23,24)(H4,18,19,20). The summed E-state index contributed by atoms with van der Waals surface area (Å²) in [5.41, 5.74) is 12.2. The number of guanidine groups is 1. The summed E-state index contributed by atoms with van der Waals surface area (Å²) in [6, 6.07) is 6.45. The summed E-state index contributed by atoms with van der Waals surface area (Å²) in [4.78, 5) is 30.9. The molecule has 0 radical (unpaired) electrons. The van der Waals surface area contributed by atoms with Crippen molar-refractivity contribution in [1.29, 1.82) is 0 Å². The number of amides is 1. The molecule has 1 heterocycles. The zero-order chi connectivity index (χ0) is 19.1. The van der Waals surface area contributed by atoms with Crippen molar-refractivity contribution < 1.29 is 19.4 Å². The summed E-state index contributed by atoms with van der Waals surface area (Å²) in [5, 5.41) is 9.62. The quantitative estimate of drug-likeness (QED) is 0.490. The second kappa shape index (κ2) is 9.04. The first-order chi connectivity index (χ1) is 12.4. The van der Waals surface area contributed by atoms with Crippen LogP contribution in [0.2, 0.25) is 0 Å². The van der Waals surface area contributed by atoms with Gasteiger partial charge in [-0.3, -0.25) is 9.69 Å². The largest absolute Gasteiger partial charge is 0.480 e. The fourth-order valence-electron chi connectivity index (χ4n) is 2.88. The summed E-state index contributed by atoms with van der Waals surface area (Å²) in [6.07, 6.45) is 0.00552. The molecule has 1 unspecified atom stereocenters. The number of aliphatic imine (C=N–C) groups is 1. The molecule has 0 spiro atoms. The van der Waals surface area contributed by atoms with E-state index in [0.29, 0.717) is 44.9 Å². The third kappa shape index (κ3) is 5.35. The minimum atomic E-state index is -0.886. The Morgan fingerprint density at radius 2 is 1.81 bits per heavy atom. The minimum absolute atomic E-state index is 0.0272. The smallest absolute Gasteiger partial charge is 0.409 e. The van der Waals surface area contributed by atoms with Gasteiger partial charge in [0.15, 0.2) is 5.96 Å². The van der Waals surface area contributed by atoms with E-state index in [1.165, 1.54) is 0 Å². The number of rotatable bonds is 6. The first kappa shape index (κ1) is 19.5. The molecule has 0 saturated carbocycles. The molecule has 0 bridgehead atoms. The number of piperazine rings is 1. The molecule has 1 saturated heterocycles. The van der Waals surface area contributed by atoms with Crippen molar-refractivity contribution in [2.75, 3.05) is 32.8 Å². The maximum atomic E-state index is 11.7. The topological polar surface area (TPSA) is 134 Å². The average Bonchev–Trinajstić information content (AvgIpc) is 2.61. The van der Waals surface area contributed by atoms with Crippen LogP contribution >= 0.6 is 0 Å². The first-order valence-corrected chi connectivity index (χ1v) is 8.47. The molecule has 1 amide bonds. The molecule has 1 aromatic carbocycles. The lowest BCUT2D eigenvalue weighted by molar-refractivity contribution is -0.143. The van der Waals surface area contributed by atoms with Crippen LogP contribution in [0.5, 0.6) is 0 Å². The minimum Gasteiger partial charge on any atom is -0.480 e. The summed E-state index contributed by atoms with van der Waals surface area (Å²) in [6.45, 7) is 3.96. The van der Waals surface area contributed by atoms with Crippen LogP contribution in [0.25, 0.3) is 0 Å². The van der Waals surface area contributed by atoms with E-state index in [0.717, 1.165) is 5.56 Å². The summed E-state index contributed by atoms with van der Waals surface area (Å²) >= 11 is 0. The number of ether oxygens (including phenoxy) is 1. The predicted molar refractivity (Wildman–Crippen MR) is 97.2 cm³/mol. The highest BCUT2D eigenvalue weighted by atomic mass is 16.6. The Balaban J connectivity index is 1.98. The number of carbonyl (C=O) groups excluding carboxylic acids is 1. The van der Waals surface area contributed by atoms with E-state index in [9.17, 15) is 14.7 Å². The second-order valence-electron chi connectivity index (χ2n) is 5.98. The third-order valence-electron chi connectivity index (χ3n) is 4.19. The van der Waals surface area contributed by atoms with Crippen LogP contribution in [-0.4, -0.2) is 71.8 Å². The van der Waals surface area contributed by atoms with Gasteiger partial charge in [-0.05, 0) is 31.0 Å². The van der Waals surface area contributed by atoms with E-state index >= 15 is 0 Å². The summed E-state index contributed by atoms with van der Waals surface area (Å²) < 4.78 is 4.98. The van der Waals surface area contributed by atoms with Gasteiger partial charge in [-0.2, -0.15) is 0 Å². The lowest BCUT2D eigenvalue weighted by atomic mass is 10.0. The van der Waals surface area contributed by atoms with Crippen LogP contribution < -0.4 is 11.5 Å². The molecule has 5 N–H and O–H groups in total. The number of carbonyl (C=O) groups is 2. The van der Waals surface area contributed by atoms with Crippen LogP contribution in [0.4, 0.5) is 10.5 Å². The highest BCUT2D eigenvalue weighted by Gasteiger charge is 2.30. The molecule has 0 aromatic heterocycles. The molecule has 26 heavy (non-hydrogen) atoms. The molecule has 2 rings (SSSR count). The van der Waals surface area contributed by atoms with Gasteiger partial charge in [0.25, 0.3) is 0 Å². The number of hydrogen-bond acceptors (Lipinski definition) is 5. The van der Waals surface area contributed by atoms with Gasteiger partial charge in [-0.1, -0.05) is 12.1 Å². The Kier molecular flexibility index (Phi) is 6.79. The monoisotopic (exact) mass is 363 g/mol. The van der Waals surface area contributed by atoms with Crippen molar-refractivity contribution >= 4 is 23.7 Å². The second-order valence-corrected chi connectivity index (χ2v) is 5.98. The van der Waals surface area contributed by atoms with Gasteiger partial charge in [0.1, 0.15) is 6.04 Å². The van der Waals surface area contributed by atoms with Crippen molar-refractivity contribution in [1.82, 2.24) is 9.80 Å². The van der Waals surface area contributed by atoms with Gasteiger partial charge in [0.2, 0.25) is 0 Å². The summed E-state index contributed by atoms with van der Waals surface area (Å²) in [5.74, 6) is -0.913. The van der Waals surface area contributed by atoms with Crippen LogP contribution in [0.3, 0.4) is 0 Å². The maximum Gasteiger partial charge on any atom is 0.409 e. The molecule has 9 heteroatoms. The molecule has 142 valence electrons. The Hall–Kier alpha value is -2.81. The highest BCUT2D eigenvalue weighted by Crippen LogP contribution is 2.17. The molecule has 1 aromatic rings. The SMILES string of the molecule is CCOC(=O)N1CCN(C(Cc2ccc(N=C(N)N)cc2)C(=O)O)CC1. The fourth-order valence-corrected chi connectivity index (χ4v) is 2.88.